The van der Waals surface area contributed by atoms with Gasteiger partial charge in [-0.15, -0.1) is 0 Å². The minimum atomic E-state index is 0.404. The van der Waals surface area contributed by atoms with E-state index in [2.05, 4.69) is 10.1 Å². The molecule has 2 N–H and O–H groups in total. The lowest BCUT2D eigenvalue weighted by molar-refractivity contribution is 0.249. The van der Waals surface area contributed by atoms with Crippen LogP contribution in [0.4, 0.5) is 0 Å². The van der Waals surface area contributed by atoms with Crippen molar-refractivity contribution in [1.29, 1.82) is 0 Å². The Balaban J connectivity index is 2.11. The van der Waals surface area contributed by atoms with Gasteiger partial charge in [-0.25, -0.2) is 0 Å². The highest BCUT2D eigenvalue weighted by Gasteiger charge is 2.28. The molecule has 1 heterocycles. The van der Waals surface area contributed by atoms with Crippen LogP contribution in [0.2, 0.25) is 0 Å². The molecule has 4 nitrogen and oxygen atoms in total. The third-order valence-corrected chi connectivity index (χ3v) is 2.91. The molecular weight excluding hydrogens is 166 g/mol. The van der Waals surface area contributed by atoms with E-state index >= 15 is 0 Å². The molecule has 1 aromatic heterocycles. The SMILES string of the molecule is NCC1CCCCC1c1ncno1. The third-order valence-electron chi connectivity index (χ3n) is 2.91. The maximum Gasteiger partial charge on any atom is 0.229 e. The van der Waals surface area contributed by atoms with E-state index in [-0.39, 0.29) is 0 Å². The van der Waals surface area contributed by atoms with Gasteiger partial charge in [0.05, 0.1) is 0 Å². The van der Waals surface area contributed by atoms with Crippen molar-refractivity contribution in [1.82, 2.24) is 10.1 Å². The Morgan fingerprint density at radius 3 is 3.00 bits per heavy atom. The molecule has 1 fully saturated rings. The lowest BCUT2D eigenvalue weighted by Gasteiger charge is -2.27. The van der Waals surface area contributed by atoms with Crippen LogP contribution in [0.5, 0.6) is 0 Å². The smallest absolute Gasteiger partial charge is 0.229 e. The molecule has 72 valence electrons. The summed E-state index contributed by atoms with van der Waals surface area (Å²) >= 11 is 0. The average Bonchev–Trinajstić information content (AvgIpc) is 2.70. The zero-order chi connectivity index (χ0) is 9.10. The van der Waals surface area contributed by atoms with E-state index in [1.54, 1.807) is 0 Å². The van der Waals surface area contributed by atoms with Gasteiger partial charge in [0.25, 0.3) is 0 Å². The predicted octanol–water partition coefficient (Wildman–Crippen LogP) is 1.30. The molecule has 0 amide bonds. The van der Waals surface area contributed by atoms with Crippen LogP contribution in [0.1, 0.15) is 37.5 Å². The molecule has 4 heteroatoms. The summed E-state index contributed by atoms with van der Waals surface area (Å²) in [5.74, 6) is 1.71. The van der Waals surface area contributed by atoms with Gasteiger partial charge in [0.1, 0.15) is 0 Å². The Bertz CT molecular complexity index is 247. The van der Waals surface area contributed by atoms with Crippen molar-refractivity contribution in [2.75, 3.05) is 6.54 Å². The first-order valence-electron chi connectivity index (χ1n) is 4.88. The Kier molecular flexibility index (Phi) is 2.59. The Labute approximate surface area is 77.5 Å². The Morgan fingerprint density at radius 1 is 1.46 bits per heavy atom. The predicted molar refractivity (Wildman–Crippen MR) is 48.1 cm³/mol. The van der Waals surface area contributed by atoms with Gasteiger partial charge < -0.3 is 10.3 Å². The fourth-order valence-electron chi connectivity index (χ4n) is 2.16. The van der Waals surface area contributed by atoms with E-state index in [1.165, 1.54) is 25.6 Å². The minimum absolute atomic E-state index is 0.404. The second-order valence-electron chi connectivity index (χ2n) is 3.67. The highest BCUT2D eigenvalue weighted by molar-refractivity contribution is 4.95. The van der Waals surface area contributed by atoms with Crippen LogP contribution in [0.3, 0.4) is 0 Å². The summed E-state index contributed by atoms with van der Waals surface area (Å²) < 4.78 is 5.09. The van der Waals surface area contributed by atoms with Crippen molar-refractivity contribution >= 4 is 0 Å². The fraction of sp³-hybridized carbons (Fsp3) is 0.778. The second-order valence-corrected chi connectivity index (χ2v) is 3.67. The molecule has 1 aromatic rings. The maximum absolute atomic E-state index is 5.71. The maximum atomic E-state index is 5.71. The van der Waals surface area contributed by atoms with Gasteiger partial charge in [-0.1, -0.05) is 18.0 Å². The van der Waals surface area contributed by atoms with Crippen LogP contribution in [-0.4, -0.2) is 16.7 Å². The highest BCUT2D eigenvalue weighted by Crippen LogP contribution is 2.35. The summed E-state index contributed by atoms with van der Waals surface area (Å²) in [5.41, 5.74) is 5.71. The molecule has 0 radical (unpaired) electrons. The minimum Gasteiger partial charge on any atom is -0.339 e. The number of hydrogen-bond acceptors (Lipinski definition) is 4. The van der Waals surface area contributed by atoms with Crippen LogP contribution in [0, 0.1) is 5.92 Å². The van der Waals surface area contributed by atoms with E-state index < -0.39 is 0 Å². The normalized spacial score (nSPS) is 29.0. The van der Waals surface area contributed by atoms with Crippen molar-refractivity contribution < 1.29 is 4.52 Å². The summed E-state index contributed by atoms with van der Waals surface area (Å²) in [7, 11) is 0. The number of rotatable bonds is 2. The van der Waals surface area contributed by atoms with Gasteiger partial charge in [0.15, 0.2) is 6.33 Å². The summed E-state index contributed by atoms with van der Waals surface area (Å²) in [5, 5.41) is 3.64. The number of aromatic nitrogens is 2. The zero-order valence-corrected chi connectivity index (χ0v) is 7.65. The largest absolute Gasteiger partial charge is 0.339 e. The Morgan fingerprint density at radius 2 is 2.31 bits per heavy atom. The van der Waals surface area contributed by atoms with E-state index in [0.29, 0.717) is 11.8 Å². The van der Waals surface area contributed by atoms with Gasteiger partial charge in [-0.3, -0.25) is 0 Å². The topological polar surface area (TPSA) is 64.9 Å². The van der Waals surface area contributed by atoms with Crippen LogP contribution in [0.15, 0.2) is 10.9 Å². The van der Waals surface area contributed by atoms with Gasteiger partial charge in [0.2, 0.25) is 5.89 Å². The van der Waals surface area contributed by atoms with Crippen LogP contribution < -0.4 is 5.73 Å². The van der Waals surface area contributed by atoms with E-state index in [1.807, 2.05) is 0 Å². The summed E-state index contributed by atoms with van der Waals surface area (Å²) in [6.07, 6.45) is 6.35. The van der Waals surface area contributed by atoms with Crippen molar-refractivity contribution in [3.05, 3.63) is 12.2 Å². The third kappa shape index (κ3) is 1.72. The van der Waals surface area contributed by atoms with Crippen LogP contribution in [0.25, 0.3) is 0 Å². The second kappa shape index (κ2) is 3.87. The molecule has 0 spiro atoms. The quantitative estimate of drug-likeness (QED) is 0.746. The molecule has 2 rings (SSSR count). The monoisotopic (exact) mass is 181 g/mol. The molecule has 2 unspecified atom stereocenters. The van der Waals surface area contributed by atoms with Crippen molar-refractivity contribution in [2.24, 2.45) is 11.7 Å². The van der Waals surface area contributed by atoms with Gasteiger partial charge >= 0.3 is 0 Å². The Hall–Kier alpha value is -0.900. The first kappa shape index (κ1) is 8.69. The van der Waals surface area contributed by atoms with Crippen molar-refractivity contribution in [3.63, 3.8) is 0 Å². The lowest BCUT2D eigenvalue weighted by Crippen LogP contribution is -2.25. The van der Waals surface area contributed by atoms with Crippen molar-refractivity contribution in [3.8, 4) is 0 Å². The first-order chi connectivity index (χ1) is 6.42. The standard InChI is InChI=1S/C9H15N3O/c10-5-7-3-1-2-4-8(7)9-11-6-12-13-9/h6-8H,1-5,10H2. The van der Waals surface area contributed by atoms with E-state index in [4.69, 9.17) is 10.3 Å². The molecule has 0 aromatic carbocycles. The first-order valence-corrected chi connectivity index (χ1v) is 4.88. The lowest BCUT2D eigenvalue weighted by atomic mass is 9.79. The van der Waals surface area contributed by atoms with Gasteiger partial charge in [-0.05, 0) is 25.3 Å². The summed E-state index contributed by atoms with van der Waals surface area (Å²) in [4.78, 5) is 4.10. The molecule has 1 aliphatic rings. The summed E-state index contributed by atoms with van der Waals surface area (Å²) in [6, 6.07) is 0. The fourth-order valence-corrected chi connectivity index (χ4v) is 2.16. The molecule has 0 aliphatic heterocycles. The van der Waals surface area contributed by atoms with Gasteiger partial charge in [-0.2, -0.15) is 4.98 Å². The van der Waals surface area contributed by atoms with Crippen molar-refractivity contribution in [2.45, 2.75) is 31.6 Å². The summed E-state index contributed by atoms with van der Waals surface area (Å²) in [6.45, 7) is 0.729. The average molecular weight is 181 g/mol. The van der Waals surface area contributed by atoms with Gasteiger partial charge in [0, 0.05) is 5.92 Å². The molecule has 0 bridgehead atoms. The molecular formula is C9H15N3O. The number of nitrogens with zero attached hydrogens (tertiary/aromatic N) is 2. The molecule has 1 aliphatic carbocycles. The number of hydrogen-bond donors (Lipinski definition) is 1. The molecule has 13 heavy (non-hydrogen) atoms. The molecule has 0 saturated heterocycles. The van der Waals surface area contributed by atoms with Crippen LogP contribution in [-0.2, 0) is 0 Å². The highest BCUT2D eigenvalue weighted by atomic mass is 16.5. The van der Waals surface area contributed by atoms with E-state index in [0.717, 1.165) is 18.9 Å². The zero-order valence-electron chi connectivity index (χ0n) is 7.65. The van der Waals surface area contributed by atoms with E-state index in [9.17, 15) is 0 Å². The van der Waals surface area contributed by atoms with Crippen LogP contribution >= 0.6 is 0 Å². The molecule has 1 saturated carbocycles. The number of nitrogens with two attached hydrogens (primary N) is 1. The molecule has 2 atom stereocenters.